The topological polar surface area (TPSA) is 59.0 Å². The first kappa shape index (κ1) is 37.2. The highest BCUT2D eigenvalue weighted by molar-refractivity contribution is 5.77. The van der Waals surface area contributed by atoms with Gasteiger partial charge in [0.15, 0.2) is 0 Å². The summed E-state index contributed by atoms with van der Waals surface area (Å²) in [5.41, 5.74) is -10.9. The summed E-state index contributed by atoms with van der Waals surface area (Å²) in [7, 11) is 1.11. The van der Waals surface area contributed by atoms with Crippen molar-refractivity contribution in [2.24, 2.45) is 5.41 Å². The fourth-order valence-corrected chi connectivity index (χ4v) is 6.05. The first-order chi connectivity index (χ1) is 21.7. The van der Waals surface area contributed by atoms with Gasteiger partial charge in [0, 0.05) is 17.7 Å². The zero-order chi connectivity index (χ0) is 36.4. The standard InChI is InChI=1S/C31H29F12NO4/c1-15-24(16-9-19(28(32,33)34)11-20(10-16)29(35,36)37)48-25(45)44(15)14-17-13-26(2,3)8-7-21(17)22-12-18(5-6-23(22)47-4)27(46,30(38,39)40)31(41,42)43/h5-6,9-12,15,24,46H,7-8,13-14H2,1-4H3/t15-,24?/m0/s1. The Balaban J connectivity index is 1.82. The Bertz CT molecular complexity index is 1540. The first-order valence-corrected chi connectivity index (χ1v) is 14.2. The van der Waals surface area contributed by atoms with Crippen LogP contribution in [0.4, 0.5) is 57.5 Å². The van der Waals surface area contributed by atoms with E-state index in [4.69, 9.17) is 9.47 Å². The average molecular weight is 708 g/mol. The maximum atomic E-state index is 13.7. The van der Waals surface area contributed by atoms with Gasteiger partial charge in [0.25, 0.3) is 5.60 Å². The molecule has 1 aliphatic heterocycles. The van der Waals surface area contributed by atoms with E-state index in [0.29, 0.717) is 36.3 Å². The number of alkyl halides is 12. The molecule has 266 valence electrons. The highest BCUT2D eigenvalue weighted by Gasteiger charge is 2.71. The molecule has 0 saturated carbocycles. The first-order valence-electron chi connectivity index (χ1n) is 14.2. The Labute approximate surface area is 266 Å². The number of ether oxygens (including phenoxy) is 2. The van der Waals surface area contributed by atoms with Crippen LogP contribution in [0.2, 0.25) is 0 Å². The van der Waals surface area contributed by atoms with Gasteiger partial charge >= 0.3 is 30.8 Å². The normalized spacial score (nSPS) is 21.1. The van der Waals surface area contributed by atoms with Crippen LogP contribution in [0.1, 0.15) is 74.0 Å². The zero-order valence-corrected chi connectivity index (χ0v) is 25.6. The fraction of sp³-hybridized carbons (Fsp3) is 0.516. The minimum Gasteiger partial charge on any atom is -0.496 e. The third kappa shape index (κ3) is 6.92. The van der Waals surface area contributed by atoms with E-state index in [2.05, 4.69) is 0 Å². The molecule has 1 aliphatic carbocycles. The molecule has 1 N–H and O–H groups in total. The molecule has 2 aromatic carbocycles. The Morgan fingerprint density at radius 2 is 1.42 bits per heavy atom. The molecule has 0 spiro atoms. The fourth-order valence-electron chi connectivity index (χ4n) is 6.05. The average Bonchev–Trinajstić information content (AvgIpc) is 3.22. The summed E-state index contributed by atoms with van der Waals surface area (Å²) in [6.07, 6.45) is -24.9. The second kappa shape index (κ2) is 12.1. The molecular weight excluding hydrogens is 678 g/mol. The van der Waals surface area contributed by atoms with Crippen LogP contribution in [0.5, 0.6) is 5.75 Å². The number of hydrogen-bond acceptors (Lipinski definition) is 4. The van der Waals surface area contributed by atoms with E-state index >= 15 is 0 Å². The van der Waals surface area contributed by atoms with Crippen molar-refractivity contribution < 1.29 is 72.1 Å². The van der Waals surface area contributed by atoms with Crippen molar-refractivity contribution in [1.82, 2.24) is 4.90 Å². The maximum absolute atomic E-state index is 13.7. The summed E-state index contributed by atoms with van der Waals surface area (Å²) in [6.45, 7) is 4.53. The van der Waals surface area contributed by atoms with Crippen LogP contribution in [0.3, 0.4) is 0 Å². The molecule has 0 radical (unpaired) electrons. The number of benzene rings is 2. The predicted molar refractivity (Wildman–Crippen MR) is 145 cm³/mol. The Morgan fingerprint density at radius 1 is 0.875 bits per heavy atom. The molecule has 0 aromatic heterocycles. The molecule has 1 unspecified atom stereocenters. The second-order valence-corrected chi connectivity index (χ2v) is 12.6. The monoisotopic (exact) mass is 707 g/mol. The van der Waals surface area contributed by atoms with Gasteiger partial charge in [-0.25, -0.2) is 4.79 Å². The minimum absolute atomic E-state index is 0.0574. The molecule has 1 fully saturated rings. The van der Waals surface area contributed by atoms with E-state index in [1.807, 2.05) is 0 Å². The second-order valence-electron chi connectivity index (χ2n) is 12.6. The van der Waals surface area contributed by atoms with Gasteiger partial charge in [-0.1, -0.05) is 19.9 Å². The molecule has 0 bridgehead atoms. The number of carbonyl (C=O) groups excluding carboxylic acids is 1. The van der Waals surface area contributed by atoms with Gasteiger partial charge in [0.05, 0.1) is 24.3 Å². The summed E-state index contributed by atoms with van der Waals surface area (Å²) in [6, 6.07) is 1.36. The lowest BCUT2D eigenvalue weighted by Crippen LogP contribution is -2.53. The smallest absolute Gasteiger partial charge is 0.430 e. The highest BCUT2D eigenvalue weighted by Crippen LogP contribution is 2.52. The number of carbonyl (C=O) groups is 1. The predicted octanol–water partition coefficient (Wildman–Crippen LogP) is 9.59. The van der Waals surface area contributed by atoms with Gasteiger partial charge < -0.3 is 14.6 Å². The molecule has 17 heteroatoms. The molecule has 2 atom stereocenters. The number of aliphatic hydroxyl groups is 1. The lowest BCUT2D eigenvalue weighted by molar-refractivity contribution is -0.376. The summed E-state index contributed by atoms with van der Waals surface area (Å²) >= 11 is 0. The van der Waals surface area contributed by atoms with Gasteiger partial charge in [-0.15, -0.1) is 0 Å². The summed E-state index contributed by atoms with van der Waals surface area (Å²) in [5.74, 6) is -0.156. The number of methoxy groups -OCH3 is 1. The van der Waals surface area contributed by atoms with Crippen LogP contribution in [0.15, 0.2) is 42.0 Å². The van der Waals surface area contributed by atoms with E-state index in [-0.39, 0.29) is 35.8 Å². The van der Waals surface area contributed by atoms with Crippen molar-refractivity contribution >= 4 is 11.7 Å². The van der Waals surface area contributed by atoms with Crippen LogP contribution >= 0.6 is 0 Å². The highest BCUT2D eigenvalue weighted by atomic mass is 19.4. The number of hydrogen-bond donors (Lipinski definition) is 1. The Hall–Kier alpha value is -3.63. The van der Waals surface area contributed by atoms with Crippen LogP contribution in [-0.4, -0.2) is 48.1 Å². The largest absolute Gasteiger partial charge is 0.496 e. The van der Waals surface area contributed by atoms with E-state index in [1.165, 1.54) is 6.92 Å². The number of amides is 1. The number of allylic oxidation sites excluding steroid dienone is 1. The minimum atomic E-state index is -6.18. The van der Waals surface area contributed by atoms with E-state index in [9.17, 15) is 62.6 Å². The molecule has 1 amide bonds. The molecule has 48 heavy (non-hydrogen) atoms. The van der Waals surface area contributed by atoms with Crippen molar-refractivity contribution in [2.75, 3.05) is 13.7 Å². The molecule has 1 saturated heterocycles. The van der Waals surface area contributed by atoms with Crippen LogP contribution in [0, 0.1) is 5.41 Å². The van der Waals surface area contributed by atoms with Crippen molar-refractivity contribution in [3.8, 4) is 5.75 Å². The Morgan fingerprint density at radius 3 is 1.90 bits per heavy atom. The van der Waals surface area contributed by atoms with Crippen LogP contribution in [-0.2, 0) is 22.7 Å². The van der Waals surface area contributed by atoms with E-state index < -0.39 is 82.8 Å². The van der Waals surface area contributed by atoms with Gasteiger partial charge in [0.2, 0.25) is 0 Å². The summed E-state index contributed by atoms with van der Waals surface area (Å²) in [5, 5.41) is 10.1. The number of rotatable bonds is 6. The van der Waals surface area contributed by atoms with Gasteiger partial charge in [-0.3, -0.25) is 4.90 Å². The quantitative estimate of drug-likeness (QED) is 0.304. The Kier molecular flexibility index (Phi) is 9.34. The van der Waals surface area contributed by atoms with Crippen molar-refractivity contribution in [3.05, 3.63) is 69.8 Å². The van der Waals surface area contributed by atoms with Crippen LogP contribution in [0.25, 0.3) is 5.57 Å². The number of halogens is 12. The molecule has 4 rings (SSSR count). The zero-order valence-electron chi connectivity index (χ0n) is 25.6. The van der Waals surface area contributed by atoms with Gasteiger partial charge in [-0.05, 0) is 78.6 Å². The number of nitrogens with zero attached hydrogens (tertiary/aromatic N) is 1. The lowest BCUT2D eigenvalue weighted by atomic mass is 9.72. The summed E-state index contributed by atoms with van der Waals surface area (Å²) < 4.78 is 174. The van der Waals surface area contributed by atoms with Crippen molar-refractivity contribution in [3.63, 3.8) is 0 Å². The van der Waals surface area contributed by atoms with Crippen LogP contribution < -0.4 is 4.74 Å². The third-order valence-corrected chi connectivity index (χ3v) is 8.63. The van der Waals surface area contributed by atoms with Gasteiger partial charge in [0.1, 0.15) is 11.9 Å². The van der Waals surface area contributed by atoms with Crippen molar-refractivity contribution in [2.45, 2.75) is 82.5 Å². The molecular formula is C31H29F12NO4. The van der Waals surface area contributed by atoms with Gasteiger partial charge in [-0.2, -0.15) is 52.7 Å². The SMILES string of the molecule is COc1ccc(C(O)(C(F)(F)F)C(F)(F)F)cc1C1=C(CN2C(=O)OC(c3cc(C(F)(F)F)cc(C(F)(F)F)c3)[C@@H]2C)CC(C)(C)CC1. The molecule has 5 nitrogen and oxygen atoms in total. The van der Waals surface area contributed by atoms with E-state index in [0.717, 1.165) is 18.1 Å². The molecule has 2 aromatic rings. The maximum Gasteiger partial charge on any atom is 0.430 e. The third-order valence-electron chi connectivity index (χ3n) is 8.63. The lowest BCUT2D eigenvalue weighted by Gasteiger charge is -2.36. The van der Waals surface area contributed by atoms with E-state index in [1.54, 1.807) is 13.8 Å². The molecule has 2 aliphatic rings. The number of cyclic esters (lactones) is 1. The van der Waals surface area contributed by atoms with Crippen molar-refractivity contribution in [1.29, 1.82) is 0 Å². The molecule has 1 heterocycles. The summed E-state index contributed by atoms with van der Waals surface area (Å²) in [4.78, 5) is 14.1.